The van der Waals surface area contributed by atoms with Crippen LogP contribution < -0.4 is 10.6 Å². The van der Waals surface area contributed by atoms with Crippen LogP contribution in [-0.2, 0) is 12.8 Å². The first-order chi connectivity index (χ1) is 14.7. The predicted octanol–water partition coefficient (Wildman–Crippen LogP) is 2.69. The SMILES string of the molecule is CCNC(=O)c1ccc(-n2nnc(C(=O)NC3CC3)c2CCc2ccccc2)cc1. The van der Waals surface area contributed by atoms with E-state index >= 15 is 0 Å². The highest BCUT2D eigenvalue weighted by molar-refractivity contribution is 5.94. The molecule has 0 atom stereocenters. The zero-order valence-corrected chi connectivity index (χ0v) is 17.0. The quantitative estimate of drug-likeness (QED) is 0.605. The molecule has 3 aromatic rings. The van der Waals surface area contributed by atoms with E-state index in [1.165, 1.54) is 5.56 Å². The van der Waals surface area contributed by atoms with Gasteiger partial charge in [-0.1, -0.05) is 35.5 Å². The van der Waals surface area contributed by atoms with Gasteiger partial charge >= 0.3 is 0 Å². The molecular weight excluding hydrogens is 378 g/mol. The molecule has 0 bridgehead atoms. The lowest BCUT2D eigenvalue weighted by Crippen LogP contribution is -2.27. The van der Waals surface area contributed by atoms with E-state index in [1.54, 1.807) is 16.8 Å². The third-order valence-electron chi connectivity index (χ3n) is 5.10. The van der Waals surface area contributed by atoms with Gasteiger partial charge in [-0.2, -0.15) is 0 Å². The summed E-state index contributed by atoms with van der Waals surface area (Å²) in [5.74, 6) is -0.290. The van der Waals surface area contributed by atoms with Gasteiger partial charge in [0.15, 0.2) is 5.69 Å². The fourth-order valence-corrected chi connectivity index (χ4v) is 3.32. The Kier molecular flexibility index (Phi) is 5.88. The predicted molar refractivity (Wildman–Crippen MR) is 114 cm³/mol. The highest BCUT2D eigenvalue weighted by Gasteiger charge is 2.27. The zero-order chi connectivity index (χ0) is 20.9. The number of nitrogens with one attached hydrogen (secondary N) is 2. The molecule has 1 saturated carbocycles. The van der Waals surface area contributed by atoms with Crippen LogP contribution >= 0.6 is 0 Å². The Hall–Kier alpha value is -3.48. The van der Waals surface area contributed by atoms with Crippen LogP contribution in [0.15, 0.2) is 54.6 Å². The second-order valence-electron chi connectivity index (χ2n) is 7.44. The molecule has 2 aromatic carbocycles. The number of amides is 2. The van der Waals surface area contributed by atoms with E-state index in [-0.39, 0.29) is 17.9 Å². The van der Waals surface area contributed by atoms with Crippen LogP contribution in [0.4, 0.5) is 0 Å². The van der Waals surface area contributed by atoms with Crippen molar-refractivity contribution in [3.63, 3.8) is 0 Å². The van der Waals surface area contributed by atoms with E-state index in [1.807, 2.05) is 37.3 Å². The smallest absolute Gasteiger partial charge is 0.273 e. The Morgan fingerprint density at radius 2 is 1.73 bits per heavy atom. The minimum absolute atomic E-state index is 0.114. The van der Waals surface area contributed by atoms with E-state index in [4.69, 9.17) is 0 Å². The Balaban J connectivity index is 1.61. The third-order valence-corrected chi connectivity index (χ3v) is 5.10. The van der Waals surface area contributed by atoms with E-state index < -0.39 is 0 Å². The molecule has 1 aliphatic carbocycles. The largest absolute Gasteiger partial charge is 0.352 e. The summed E-state index contributed by atoms with van der Waals surface area (Å²) in [5.41, 5.74) is 3.67. The molecule has 7 heteroatoms. The maximum Gasteiger partial charge on any atom is 0.273 e. The average molecular weight is 403 g/mol. The van der Waals surface area contributed by atoms with E-state index in [9.17, 15) is 9.59 Å². The van der Waals surface area contributed by atoms with Crippen LogP contribution in [0.3, 0.4) is 0 Å². The third kappa shape index (κ3) is 4.56. The van der Waals surface area contributed by atoms with E-state index in [0.717, 1.165) is 30.6 Å². The standard InChI is InChI=1S/C23H25N5O2/c1-2-24-22(29)17-9-13-19(14-10-17)28-20(15-8-16-6-4-3-5-7-16)21(26-27-28)23(30)25-18-11-12-18/h3-7,9-10,13-14,18H,2,8,11-12,15H2,1H3,(H,24,29)(H,25,30). The van der Waals surface area contributed by atoms with E-state index in [2.05, 4.69) is 33.1 Å². The molecule has 0 radical (unpaired) electrons. The van der Waals surface area contributed by atoms with Crippen molar-refractivity contribution in [2.75, 3.05) is 6.54 Å². The number of rotatable bonds is 8. The number of benzene rings is 2. The summed E-state index contributed by atoms with van der Waals surface area (Å²) in [6.45, 7) is 2.46. The molecule has 1 aliphatic rings. The van der Waals surface area contributed by atoms with Gasteiger partial charge in [0.2, 0.25) is 0 Å². The monoisotopic (exact) mass is 403 g/mol. The van der Waals surface area contributed by atoms with Crippen LogP contribution in [0.5, 0.6) is 0 Å². The number of carbonyl (C=O) groups is 2. The van der Waals surface area contributed by atoms with Crippen molar-refractivity contribution in [1.82, 2.24) is 25.6 Å². The van der Waals surface area contributed by atoms with Gasteiger partial charge in [0.05, 0.1) is 11.4 Å². The second-order valence-corrected chi connectivity index (χ2v) is 7.44. The maximum atomic E-state index is 12.7. The summed E-state index contributed by atoms with van der Waals surface area (Å²) in [5, 5.41) is 14.2. The lowest BCUT2D eigenvalue weighted by molar-refractivity contribution is 0.0940. The highest BCUT2D eigenvalue weighted by Crippen LogP contribution is 2.21. The Morgan fingerprint density at radius 3 is 2.40 bits per heavy atom. The van der Waals surface area contributed by atoms with Crippen LogP contribution in [0.1, 0.15) is 51.9 Å². The van der Waals surface area contributed by atoms with Gasteiger partial charge in [-0.25, -0.2) is 4.68 Å². The molecule has 4 rings (SSSR count). The van der Waals surface area contributed by atoms with Crippen molar-refractivity contribution in [1.29, 1.82) is 0 Å². The fraction of sp³-hybridized carbons (Fsp3) is 0.304. The molecule has 154 valence electrons. The molecule has 0 unspecified atom stereocenters. The van der Waals surface area contributed by atoms with Crippen molar-refractivity contribution < 1.29 is 9.59 Å². The normalized spacial score (nSPS) is 13.1. The Morgan fingerprint density at radius 1 is 1.00 bits per heavy atom. The number of aromatic nitrogens is 3. The van der Waals surface area contributed by atoms with Gasteiger partial charge in [-0.05, 0) is 62.4 Å². The van der Waals surface area contributed by atoms with Crippen molar-refractivity contribution in [3.05, 3.63) is 77.1 Å². The molecular formula is C23H25N5O2. The highest BCUT2D eigenvalue weighted by atomic mass is 16.2. The van der Waals surface area contributed by atoms with Gasteiger partial charge in [0.25, 0.3) is 11.8 Å². The van der Waals surface area contributed by atoms with Crippen LogP contribution in [-0.4, -0.2) is 39.4 Å². The average Bonchev–Trinajstić information content (AvgIpc) is 3.48. The number of hydrogen-bond acceptors (Lipinski definition) is 4. The number of aryl methyl sites for hydroxylation is 1. The van der Waals surface area contributed by atoms with E-state index in [0.29, 0.717) is 24.2 Å². The first-order valence-electron chi connectivity index (χ1n) is 10.3. The van der Waals surface area contributed by atoms with Crippen molar-refractivity contribution in [2.45, 2.75) is 38.6 Å². The fourth-order valence-electron chi connectivity index (χ4n) is 3.32. The lowest BCUT2D eigenvalue weighted by atomic mass is 10.1. The molecule has 2 amide bonds. The molecule has 1 fully saturated rings. The molecule has 1 aromatic heterocycles. The van der Waals surface area contributed by atoms with Gasteiger partial charge in [0.1, 0.15) is 0 Å². The summed E-state index contributed by atoms with van der Waals surface area (Å²) >= 11 is 0. The first-order valence-corrected chi connectivity index (χ1v) is 10.3. The van der Waals surface area contributed by atoms with Crippen molar-refractivity contribution in [3.8, 4) is 5.69 Å². The molecule has 1 heterocycles. The summed E-state index contributed by atoms with van der Waals surface area (Å²) < 4.78 is 1.70. The van der Waals surface area contributed by atoms with Gasteiger partial charge in [-0.3, -0.25) is 9.59 Å². The molecule has 0 saturated heterocycles. The van der Waals surface area contributed by atoms with Crippen LogP contribution in [0.25, 0.3) is 5.69 Å². The number of hydrogen-bond donors (Lipinski definition) is 2. The molecule has 0 aliphatic heterocycles. The summed E-state index contributed by atoms with van der Waals surface area (Å²) in [7, 11) is 0. The minimum Gasteiger partial charge on any atom is -0.352 e. The Labute approximate surface area is 175 Å². The summed E-state index contributed by atoms with van der Waals surface area (Å²) in [6, 6.07) is 17.6. The minimum atomic E-state index is -0.175. The molecule has 2 N–H and O–H groups in total. The number of nitrogens with zero attached hydrogens (tertiary/aromatic N) is 3. The first kappa shape index (κ1) is 19.8. The summed E-state index contributed by atoms with van der Waals surface area (Å²) in [4.78, 5) is 24.7. The van der Waals surface area contributed by atoms with Crippen molar-refractivity contribution >= 4 is 11.8 Å². The van der Waals surface area contributed by atoms with Crippen molar-refractivity contribution in [2.24, 2.45) is 0 Å². The van der Waals surface area contributed by atoms with Crippen LogP contribution in [0, 0.1) is 0 Å². The lowest BCUT2D eigenvalue weighted by Gasteiger charge is -2.10. The Bertz CT molecular complexity index is 1020. The van der Waals surface area contributed by atoms with Crippen LogP contribution in [0.2, 0.25) is 0 Å². The zero-order valence-electron chi connectivity index (χ0n) is 17.0. The molecule has 30 heavy (non-hydrogen) atoms. The summed E-state index contributed by atoms with van der Waals surface area (Å²) in [6.07, 6.45) is 3.43. The second kappa shape index (κ2) is 8.90. The molecule has 7 nitrogen and oxygen atoms in total. The van der Waals surface area contributed by atoms with Gasteiger partial charge in [0, 0.05) is 18.2 Å². The maximum absolute atomic E-state index is 12.7. The topological polar surface area (TPSA) is 88.9 Å². The van der Waals surface area contributed by atoms with Gasteiger partial charge < -0.3 is 10.6 Å². The molecule has 0 spiro atoms. The van der Waals surface area contributed by atoms with Gasteiger partial charge in [-0.15, -0.1) is 5.10 Å². The number of carbonyl (C=O) groups excluding carboxylic acids is 2.